The van der Waals surface area contributed by atoms with Gasteiger partial charge in [-0.25, -0.2) is 0 Å². The highest BCUT2D eigenvalue weighted by Gasteiger charge is 2.23. The second-order valence-electron chi connectivity index (χ2n) is 7.08. The maximum Gasteiger partial charge on any atom is 0.272 e. The van der Waals surface area contributed by atoms with Gasteiger partial charge in [-0.05, 0) is 37.1 Å². The molecular weight excluding hydrogens is 370 g/mol. The normalized spacial score (nSPS) is 15.2. The Balaban J connectivity index is 1.22. The first-order valence-electron chi connectivity index (χ1n) is 9.65. The summed E-state index contributed by atoms with van der Waals surface area (Å²) in [4.78, 5) is 26.7. The minimum absolute atomic E-state index is 0.0272. The number of anilines is 1. The maximum atomic E-state index is 12.5. The number of likely N-dealkylation sites (tertiary alicyclic amines) is 1. The van der Waals surface area contributed by atoms with Gasteiger partial charge in [0.15, 0.2) is 11.5 Å². The van der Waals surface area contributed by atoms with Gasteiger partial charge in [0.2, 0.25) is 5.91 Å². The molecule has 150 valence electrons. The molecule has 2 amide bonds. The molecule has 1 aromatic carbocycles. The van der Waals surface area contributed by atoms with Crippen molar-refractivity contribution in [3.05, 3.63) is 60.5 Å². The van der Waals surface area contributed by atoms with E-state index in [0.717, 1.165) is 31.6 Å². The summed E-state index contributed by atoms with van der Waals surface area (Å²) in [5.41, 5.74) is 1.80. The quantitative estimate of drug-likeness (QED) is 0.597. The van der Waals surface area contributed by atoms with Crippen molar-refractivity contribution in [3.8, 4) is 11.5 Å². The number of amides is 2. The van der Waals surface area contributed by atoms with Gasteiger partial charge in [-0.2, -0.15) is 5.10 Å². The van der Waals surface area contributed by atoms with E-state index in [4.69, 9.17) is 4.42 Å². The van der Waals surface area contributed by atoms with E-state index < -0.39 is 0 Å². The highest BCUT2D eigenvalue weighted by atomic mass is 16.3. The van der Waals surface area contributed by atoms with E-state index in [1.165, 1.54) is 0 Å². The molecule has 0 aliphatic carbocycles. The number of nitrogens with one attached hydrogen (secondary N) is 3. The number of carbonyl (C=O) groups is 2. The molecule has 1 aliphatic rings. The zero-order valence-corrected chi connectivity index (χ0v) is 15.9. The Morgan fingerprint density at radius 3 is 2.66 bits per heavy atom. The number of benzene rings is 1. The van der Waals surface area contributed by atoms with Crippen LogP contribution in [0.3, 0.4) is 0 Å². The third-order valence-corrected chi connectivity index (χ3v) is 4.94. The van der Waals surface area contributed by atoms with Crippen LogP contribution in [0.1, 0.15) is 23.3 Å². The lowest BCUT2D eigenvalue weighted by atomic mass is 10.0. The van der Waals surface area contributed by atoms with Crippen molar-refractivity contribution in [3.63, 3.8) is 0 Å². The molecule has 29 heavy (non-hydrogen) atoms. The van der Waals surface area contributed by atoms with E-state index in [9.17, 15) is 9.59 Å². The summed E-state index contributed by atoms with van der Waals surface area (Å²) < 4.78 is 5.30. The first kappa shape index (κ1) is 18.9. The largest absolute Gasteiger partial charge is 0.463 e. The zero-order chi connectivity index (χ0) is 20.1. The lowest BCUT2D eigenvalue weighted by Gasteiger charge is -2.31. The standard InChI is InChI=1S/C21H23N5O3/c27-20(22-15-5-2-1-3-6-15)14-26-10-8-16(9-11-26)23-21(28)18-13-17(24-25-18)19-7-4-12-29-19/h1-7,12-13,16H,8-11,14H2,(H,22,27)(H,23,28)(H,24,25). The van der Waals surface area contributed by atoms with Gasteiger partial charge in [-0.15, -0.1) is 0 Å². The van der Waals surface area contributed by atoms with Gasteiger partial charge in [0, 0.05) is 30.9 Å². The van der Waals surface area contributed by atoms with Crippen LogP contribution in [-0.2, 0) is 4.79 Å². The Hall–Kier alpha value is -3.39. The van der Waals surface area contributed by atoms with Crippen LogP contribution in [-0.4, -0.2) is 52.6 Å². The monoisotopic (exact) mass is 393 g/mol. The van der Waals surface area contributed by atoms with Crippen LogP contribution in [0.25, 0.3) is 11.5 Å². The summed E-state index contributed by atoms with van der Waals surface area (Å²) in [6.45, 7) is 1.86. The number of H-pyrrole nitrogens is 1. The number of furan rings is 1. The van der Waals surface area contributed by atoms with E-state index in [-0.39, 0.29) is 17.9 Å². The van der Waals surface area contributed by atoms with Crippen LogP contribution in [0, 0.1) is 0 Å². The fourth-order valence-corrected chi connectivity index (χ4v) is 3.42. The fourth-order valence-electron chi connectivity index (χ4n) is 3.42. The zero-order valence-electron chi connectivity index (χ0n) is 15.9. The molecule has 0 radical (unpaired) electrons. The van der Waals surface area contributed by atoms with E-state index >= 15 is 0 Å². The highest BCUT2D eigenvalue weighted by Crippen LogP contribution is 2.18. The highest BCUT2D eigenvalue weighted by molar-refractivity contribution is 5.93. The lowest BCUT2D eigenvalue weighted by Crippen LogP contribution is -2.46. The van der Waals surface area contributed by atoms with Crippen molar-refractivity contribution in [1.29, 1.82) is 0 Å². The van der Waals surface area contributed by atoms with Gasteiger partial charge in [-0.1, -0.05) is 18.2 Å². The molecule has 8 heteroatoms. The molecule has 8 nitrogen and oxygen atoms in total. The summed E-state index contributed by atoms with van der Waals surface area (Å²) in [5.74, 6) is 0.402. The number of nitrogens with zero attached hydrogens (tertiary/aromatic N) is 2. The fraction of sp³-hybridized carbons (Fsp3) is 0.286. The second kappa shape index (κ2) is 8.74. The molecule has 2 aromatic heterocycles. The van der Waals surface area contributed by atoms with Crippen molar-refractivity contribution < 1.29 is 14.0 Å². The summed E-state index contributed by atoms with van der Waals surface area (Å²) in [7, 11) is 0. The Bertz CT molecular complexity index is 944. The number of piperidine rings is 1. The topological polar surface area (TPSA) is 103 Å². The predicted octanol–water partition coefficient (Wildman–Crippen LogP) is 2.50. The van der Waals surface area contributed by atoms with Crippen LogP contribution >= 0.6 is 0 Å². The number of carbonyl (C=O) groups excluding carboxylic acids is 2. The minimum atomic E-state index is -0.209. The minimum Gasteiger partial charge on any atom is -0.463 e. The molecule has 0 saturated carbocycles. The molecule has 1 fully saturated rings. The maximum absolute atomic E-state index is 12.5. The van der Waals surface area contributed by atoms with E-state index in [1.54, 1.807) is 24.5 Å². The van der Waals surface area contributed by atoms with Crippen LogP contribution in [0.5, 0.6) is 0 Å². The summed E-state index contributed by atoms with van der Waals surface area (Å²) >= 11 is 0. The Labute approximate surface area is 168 Å². The predicted molar refractivity (Wildman–Crippen MR) is 108 cm³/mol. The Kier molecular flexibility index (Phi) is 5.71. The number of hydrogen-bond acceptors (Lipinski definition) is 5. The van der Waals surface area contributed by atoms with Crippen molar-refractivity contribution in [2.24, 2.45) is 0 Å². The third-order valence-electron chi connectivity index (χ3n) is 4.94. The number of aromatic amines is 1. The van der Waals surface area contributed by atoms with Crippen molar-refractivity contribution >= 4 is 17.5 Å². The smallest absolute Gasteiger partial charge is 0.272 e. The van der Waals surface area contributed by atoms with Crippen LogP contribution in [0.15, 0.2) is 59.2 Å². The Morgan fingerprint density at radius 2 is 1.93 bits per heavy atom. The molecular formula is C21H23N5O3. The van der Waals surface area contributed by atoms with E-state index in [2.05, 4.69) is 25.7 Å². The summed E-state index contributed by atoms with van der Waals surface area (Å²) in [5, 5.41) is 12.8. The average molecular weight is 393 g/mol. The second-order valence-corrected chi connectivity index (χ2v) is 7.08. The average Bonchev–Trinajstić information content (AvgIpc) is 3.42. The first-order valence-corrected chi connectivity index (χ1v) is 9.65. The Morgan fingerprint density at radius 1 is 1.14 bits per heavy atom. The molecule has 0 spiro atoms. The summed E-state index contributed by atoms with van der Waals surface area (Å²) in [6.07, 6.45) is 3.16. The van der Waals surface area contributed by atoms with Gasteiger partial charge in [0.05, 0.1) is 12.8 Å². The van der Waals surface area contributed by atoms with Crippen LogP contribution in [0.4, 0.5) is 5.69 Å². The number of para-hydroxylation sites is 1. The first-order chi connectivity index (χ1) is 14.2. The van der Waals surface area contributed by atoms with Gasteiger partial charge in [0.1, 0.15) is 5.69 Å². The molecule has 4 rings (SSSR count). The summed E-state index contributed by atoms with van der Waals surface area (Å²) in [6, 6.07) is 14.8. The van der Waals surface area contributed by atoms with Crippen molar-refractivity contribution in [2.45, 2.75) is 18.9 Å². The third kappa shape index (κ3) is 4.91. The van der Waals surface area contributed by atoms with Crippen LogP contribution < -0.4 is 10.6 Å². The number of rotatable bonds is 6. The number of aromatic nitrogens is 2. The van der Waals surface area contributed by atoms with E-state index in [1.807, 2.05) is 30.3 Å². The van der Waals surface area contributed by atoms with Gasteiger partial charge < -0.3 is 15.1 Å². The molecule has 1 saturated heterocycles. The number of hydrogen-bond donors (Lipinski definition) is 3. The van der Waals surface area contributed by atoms with Crippen molar-refractivity contribution in [2.75, 3.05) is 25.0 Å². The van der Waals surface area contributed by atoms with Gasteiger partial charge >= 0.3 is 0 Å². The van der Waals surface area contributed by atoms with Crippen molar-refractivity contribution in [1.82, 2.24) is 20.4 Å². The van der Waals surface area contributed by atoms with E-state index in [0.29, 0.717) is 23.7 Å². The van der Waals surface area contributed by atoms with Gasteiger partial charge in [-0.3, -0.25) is 19.6 Å². The molecule has 3 aromatic rings. The molecule has 0 unspecified atom stereocenters. The molecule has 0 bridgehead atoms. The van der Waals surface area contributed by atoms with Gasteiger partial charge in [0.25, 0.3) is 5.91 Å². The molecule has 0 atom stereocenters. The lowest BCUT2D eigenvalue weighted by molar-refractivity contribution is -0.117. The molecule has 3 heterocycles. The molecule has 1 aliphatic heterocycles. The molecule has 3 N–H and O–H groups in total. The van der Waals surface area contributed by atoms with Crippen LogP contribution in [0.2, 0.25) is 0 Å². The SMILES string of the molecule is O=C(CN1CCC(NC(=O)c2cc(-c3ccco3)[nH]n2)CC1)Nc1ccccc1.